The predicted molar refractivity (Wildman–Crippen MR) is 132 cm³/mol. The SMILES string of the molecule is CC.CC(C)(F)F.CS(=O)(=O)c1ccccc1.CS(C)(=O)=O.Cc1ccc(S(C)(=O)=O)cc1. The lowest BCUT2D eigenvalue weighted by molar-refractivity contribution is 0.0437. The molecular formula is C22H36F2O6S3. The van der Waals surface area contributed by atoms with Gasteiger partial charge in [-0.3, -0.25) is 0 Å². The van der Waals surface area contributed by atoms with Crippen LogP contribution < -0.4 is 0 Å². The molecule has 0 heterocycles. The fraction of sp³-hybridized carbons (Fsp3) is 0.455. The molecule has 0 radical (unpaired) electrons. The number of sulfone groups is 3. The van der Waals surface area contributed by atoms with Crippen LogP contribution in [-0.2, 0) is 29.5 Å². The van der Waals surface area contributed by atoms with Gasteiger partial charge in [0.2, 0.25) is 5.92 Å². The van der Waals surface area contributed by atoms with Crippen LogP contribution in [0.4, 0.5) is 8.78 Å². The third-order valence-electron chi connectivity index (χ3n) is 2.62. The highest BCUT2D eigenvalue weighted by Gasteiger charge is 2.08. The summed E-state index contributed by atoms with van der Waals surface area (Å²) in [6.07, 6.45) is 4.72. The first-order valence-electron chi connectivity index (χ1n) is 9.65. The molecule has 6 nitrogen and oxygen atoms in total. The molecular weight excluding hydrogens is 494 g/mol. The Balaban J connectivity index is -0.000000376. The molecule has 0 N–H and O–H groups in total. The van der Waals surface area contributed by atoms with E-state index < -0.39 is 35.4 Å². The molecule has 0 bridgehead atoms. The normalized spacial score (nSPS) is 11.0. The van der Waals surface area contributed by atoms with E-state index in [1.165, 1.54) is 12.5 Å². The zero-order valence-electron chi connectivity index (χ0n) is 20.6. The lowest BCUT2D eigenvalue weighted by atomic mass is 10.2. The van der Waals surface area contributed by atoms with Crippen LogP contribution in [0.25, 0.3) is 0 Å². The van der Waals surface area contributed by atoms with E-state index >= 15 is 0 Å². The number of hydrogen-bond donors (Lipinski definition) is 0. The van der Waals surface area contributed by atoms with E-state index in [0.29, 0.717) is 9.79 Å². The summed E-state index contributed by atoms with van der Waals surface area (Å²) in [6, 6.07) is 15.2. The van der Waals surface area contributed by atoms with E-state index in [4.69, 9.17) is 0 Å². The molecule has 0 fully saturated rings. The van der Waals surface area contributed by atoms with Gasteiger partial charge in [-0.2, -0.15) is 0 Å². The minimum absolute atomic E-state index is 0.370. The molecule has 192 valence electrons. The molecule has 0 saturated carbocycles. The van der Waals surface area contributed by atoms with Gasteiger partial charge in [-0.05, 0) is 45.0 Å². The van der Waals surface area contributed by atoms with Gasteiger partial charge in [0.25, 0.3) is 0 Å². The second-order valence-electron chi connectivity index (χ2n) is 7.14. The molecule has 2 aromatic carbocycles. The number of benzene rings is 2. The average molecular weight is 531 g/mol. The molecule has 0 unspecified atom stereocenters. The number of alkyl halides is 2. The monoisotopic (exact) mass is 530 g/mol. The van der Waals surface area contributed by atoms with Crippen molar-refractivity contribution in [3.05, 3.63) is 60.2 Å². The van der Waals surface area contributed by atoms with Gasteiger partial charge in [-0.1, -0.05) is 49.7 Å². The van der Waals surface area contributed by atoms with E-state index in [1.807, 2.05) is 20.8 Å². The van der Waals surface area contributed by atoms with Gasteiger partial charge in [0.1, 0.15) is 9.84 Å². The molecule has 0 saturated heterocycles. The summed E-state index contributed by atoms with van der Waals surface area (Å²) < 4.78 is 84.9. The maximum Gasteiger partial charge on any atom is 0.242 e. The highest BCUT2D eigenvalue weighted by atomic mass is 32.2. The van der Waals surface area contributed by atoms with E-state index in [0.717, 1.165) is 31.9 Å². The first-order valence-corrected chi connectivity index (χ1v) is 15.7. The third-order valence-corrected chi connectivity index (χ3v) is 4.88. The molecule has 0 atom stereocenters. The van der Waals surface area contributed by atoms with Crippen molar-refractivity contribution in [1.29, 1.82) is 0 Å². The number of aryl methyl sites for hydroxylation is 1. The van der Waals surface area contributed by atoms with Crippen LogP contribution in [0.15, 0.2) is 64.4 Å². The van der Waals surface area contributed by atoms with Crippen LogP contribution >= 0.6 is 0 Å². The Hall–Kier alpha value is -1.85. The van der Waals surface area contributed by atoms with Gasteiger partial charge in [0, 0.05) is 25.0 Å². The Morgan fingerprint density at radius 1 is 0.606 bits per heavy atom. The van der Waals surface area contributed by atoms with Crippen LogP contribution in [0, 0.1) is 6.92 Å². The summed E-state index contributed by atoms with van der Waals surface area (Å²) in [5.74, 6) is -2.50. The maximum absolute atomic E-state index is 11.0. The van der Waals surface area contributed by atoms with Crippen molar-refractivity contribution in [3.63, 3.8) is 0 Å². The van der Waals surface area contributed by atoms with Crippen molar-refractivity contribution in [2.45, 2.75) is 50.3 Å². The summed E-state index contributed by atoms with van der Waals surface area (Å²) in [5.41, 5.74) is 1.07. The van der Waals surface area contributed by atoms with E-state index in [9.17, 15) is 34.0 Å². The molecule has 2 rings (SSSR count). The van der Waals surface area contributed by atoms with Crippen LogP contribution in [0.2, 0.25) is 0 Å². The summed E-state index contributed by atoms with van der Waals surface area (Å²) in [5, 5.41) is 0. The summed E-state index contributed by atoms with van der Waals surface area (Å²) in [6.45, 7) is 7.63. The number of halogens is 2. The topological polar surface area (TPSA) is 102 Å². The number of hydrogen-bond acceptors (Lipinski definition) is 6. The second kappa shape index (κ2) is 15.9. The van der Waals surface area contributed by atoms with Crippen molar-refractivity contribution in [1.82, 2.24) is 0 Å². The Labute approximate surface area is 198 Å². The van der Waals surface area contributed by atoms with Crippen molar-refractivity contribution in [3.8, 4) is 0 Å². The Kier molecular flexibility index (Phi) is 17.2. The van der Waals surface area contributed by atoms with Crippen LogP contribution in [0.5, 0.6) is 0 Å². The molecule has 0 aromatic heterocycles. The first kappa shape index (κ1) is 35.7. The van der Waals surface area contributed by atoms with Crippen molar-refractivity contribution in [2.24, 2.45) is 0 Å². The Morgan fingerprint density at radius 3 is 1.06 bits per heavy atom. The van der Waals surface area contributed by atoms with Crippen LogP contribution in [0.3, 0.4) is 0 Å². The predicted octanol–water partition coefficient (Wildman–Crippen LogP) is 4.84. The Morgan fingerprint density at radius 2 is 0.848 bits per heavy atom. The minimum atomic E-state index is -3.02. The highest BCUT2D eigenvalue weighted by Crippen LogP contribution is 2.09. The van der Waals surface area contributed by atoms with Gasteiger partial charge in [0.05, 0.1) is 9.79 Å². The second-order valence-corrected chi connectivity index (χ2v) is 13.5. The molecule has 11 heteroatoms. The first-order chi connectivity index (χ1) is 14.6. The largest absolute Gasteiger partial charge is 0.242 e. The quantitative estimate of drug-likeness (QED) is 0.551. The van der Waals surface area contributed by atoms with Crippen molar-refractivity contribution >= 4 is 29.5 Å². The van der Waals surface area contributed by atoms with Crippen LogP contribution in [-0.4, -0.2) is 56.2 Å². The molecule has 0 aliphatic carbocycles. The third kappa shape index (κ3) is 30.1. The van der Waals surface area contributed by atoms with Crippen molar-refractivity contribution < 1.29 is 34.0 Å². The zero-order valence-corrected chi connectivity index (χ0v) is 23.1. The van der Waals surface area contributed by atoms with Gasteiger partial charge in [-0.15, -0.1) is 0 Å². The standard InChI is InChI=1S/C8H10O2S.C7H8O2S.C3H6F2.C2H6O2S.C2H6/c1-7-3-5-8(6-4-7)11(2,9)10;1-10(8,9)7-5-3-2-4-6-7;1-3(2,4)5;1-5(2,3)4;1-2/h3-6H,1-2H3;2-6H,1H3;2*1-2H3;1-2H3. The van der Waals surface area contributed by atoms with Gasteiger partial charge < -0.3 is 0 Å². The zero-order chi connectivity index (χ0) is 27.1. The van der Waals surface area contributed by atoms with Crippen LogP contribution in [0.1, 0.15) is 33.3 Å². The molecule has 0 aliphatic rings. The average Bonchev–Trinajstić information content (AvgIpc) is 2.61. The molecule has 33 heavy (non-hydrogen) atoms. The fourth-order valence-electron chi connectivity index (χ4n) is 1.45. The van der Waals surface area contributed by atoms with Gasteiger partial charge in [-0.25, -0.2) is 34.0 Å². The lowest BCUT2D eigenvalue weighted by Crippen LogP contribution is -1.98. The number of rotatable bonds is 2. The Bertz CT molecular complexity index is 1070. The molecule has 0 amide bonds. The highest BCUT2D eigenvalue weighted by molar-refractivity contribution is 7.91. The van der Waals surface area contributed by atoms with E-state index in [-0.39, 0.29) is 0 Å². The summed E-state index contributed by atoms with van der Waals surface area (Å²) in [4.78, 5) is 0.748. The van der Waals surface area contributed by atoms with E-state index in [2.05, 4.69) is 0 Å². The van der Waals surface area contributed by atoms with E-state index in [1.54, 1.807) is 54.6 Å². The van der Waals surface area contributed by atoms with Gasteiger partial charge >= 0.3 is 0 Å². The van der Waals surface area contributed by atoms with Crippen molar-refractivity contribution in [2.75, 3.05) is 25.0 Å². The molecule has 0 spiro atoms. The fourth-order valence-corrected chi connectivity index (χ4v) is 2.74. The van der Waals surface area contributed by atoms with Gasteiger partial charge in [0.15, 0.2) is 19.7 Å². The summed E-state index contributed by atoms with van der Waals surface area (Å²) >= 11 is 0. The smallest absolute Gasteiger partial charge is 0.229 e. The lowest BCUT2D eigenvalue weighted by Gasteiger charge is -1.96. The minimum Gasteiger partial charge on any atom is -0.229 e. The molecule has 0 aliphatic heterocycles. The summed E-state index contributed by atoms with van der Waals surface area (Å²) in [7, 11) is -8.69. The maximum atomic E-state index is 11.0. The molecule has 2 aromatic rings.